The maximum atomic E-state index is 4.72. The number of unbranched alkanes of at least 4 members (excludes halogenated alkanes) is 11. The topological polar surface area (TPSA) is 0 Å². The zero-order valence-electron chi connectivity index (χ0n) is 13.8. The van der Waals surface area contributed by atoms with Crippen LogP contribution in [0.2, 0.25) is 0 Å². The van der Waals surface area contributed by atoms with Crippen LogP contribution in [0.3, 0.4) is 0 Å². The number of hydrogen-bond donors (Lipinski definition) is 2. The standard InChI is InChI=1S/C18H38S2/c1-2-3-4-12-15-18(20)16-13-10-8-6-5-7-9-11-14-17-19/h18-20H,2-17H2,1H3. The highest BCUT2D eigenvalue weighted by Gasteiger charge is 2.02. The highest BCUT2D eigenvalue weighted by molar-refractivity contribution is 7.81. The Morgan fingerprint density at radius 3 is 1.45 bits per heavy atom. The molecular weight excluding hydrogens is 280 g/mol. The summed E-state index contributed by atoms with van der Waals surface area (Å²) in [5, 5.41) is 0.660. The molecule has 0 aromatic carbocycles. The molecule has 0 nitrogen and oxygen atoms in total. The van der Waals surface area contributed by atoms with Crippen LogP contribution >= 0.6 is 25.3 Å². The molecule has 0 N–H and O–H groups in total. The van der Waals surface area contributed by atoms with E-state index in [9.17, 15) is 0 Å². The van der Waals surface area contributed by atoms with Crippen LogP contribution in [0.25, 0.3) is 0 Å². The van der Waals surface area contributed by atoms with E-state index in [4.69, 9.17) is 12.6 Å². The van der Waals surface area contributed by atoms with Crippen molar-refractivity contribution < 1.29 is 0 Å². The average Bonchev–Trinajstić information content (AvgIpc) is 2.45. The highest BCUT2D eigenvalue weighted by atomic mass is 32.1. The minimum atomic E-state index is 0.660. The van der Waals surface area contributed by atoms with E-state index in [0.717, 1.165) is 5.75 Å². The van der Waals surface area contributed by atoms with Crippen molar-refractivity contribution in [3.63, 3.8) is 0 Å². The predicted octanol–water partition coefficient (Wildman–Crippen LogP) is 7.09. The molecule has 0 fully saturated rings. The van der Waals surface area contributed by atoms with Gasteiger partial charge in [0.2, 0.25) is 0 Å². The fourth-order valence-electron chi connectivity index (χ4n) is 2.68. The third-order valence-electron chi connectivity index (χ3n) is 4.09. The lowest BCUT2D eigenvalue weighted by Crippen LogP contribution is -1.98. The molecule has 122 valence electrons. The van der Waals surface area contributed by atoms with Gasteiger partial charge in [-0.3, -0.25) is 0 Å². The van der Waals surface area contributed by atoms with Gasteiger partial charge in [-0.25, -0.2) is 0 Å². The van der Waals surface area contributed by atoms with E-state index in [-0.39, 0.29) is 0 Å². The monoisotopic (exact) mass is 318 g/mol. The smallest absolute Gasteiger partial charge is 0.00168 e. The van der Waals surface area contributed by atoms with E-state index < -0.39 is 0 Å². The maximum Gasteiger partial charge on any atom is 0.00168 e. The summed E-state index contributed by atoms with van der Waals surface area (Å²) in [6.45, 7) is 2.28. The SMILES string of the molecule is CCCCCCC(S)CCCCCCCCCCCS. The van der Waals surface area contributed by atoms with Crippen LogP contribution in [0.15, 0.2) is 0 Å². The van der Waals surface area contributed by atoms with Gasteiger partial charge >= 0.3 is 0 Å². The minimum Gasteiger partial charge on any atom is -0.179 e. The van der Waals surface area contributed by atoms with Gasteiger partial charge in [-0.05, 0) is 25.0 Å². The van der Waals surface area contributed by atoms with E-state index >= 15 is 0 Å². The number of rotatable bonds is 16. The van der Waals surface area contributed by atoms with Gasteiger partial charge in [-0.1, -0.05) is 84.0 Å². The summed E-state index contributed by atoms with van der Waals surface area (Å²) in [7, 11) is 0. The fraction of sp³-hybridized carbons (Fsp3) is 1.00. The van der Waals surface area contributed by atoms with Gasteiger partial charge in [0.05, 0.1) is 0 Å². The maximum absolute atomic E-state index is 4.72. The summed E-state index contributed by atoms with van der Waals surface area (Å²) in [5.41, 5.74) is 0. The molecule has 0 saturated heterocycles. The summed E-state index contributed by atoms with van der Waals surface area (Å²) < 4.78 is 0. The van der Waals surface area contributed by atoms with Crippen molar-refractivity contribution in [2.24, 2.45) is 0 Å². The normalized spacial score (nSPS) is 12.8. The first kappa shape index (κ1) is 20.7. The molecule has 0 heterocycles. The van der Waals surface area contributed by atoms with Crippen LogP contribution in [0, 0.1) is 0 Å². The van der Waals surface area contributed by atoms with Crippen LogP contribution in [0.1, 0.15) is 103 Å². The van der Waals surface area contributed by atoms with Crippen LogP contribution in [0.5, 0.6) is 0 Å². The predicted molar refractivity (Wildman–Crippen MR) is 102 cm³/mol. The minimum absolute atomic E-state index is 0.660. The summed E-state index contributed by atoms with van der Waals surface area (Å²) >= 11 is 8.96. The highest BCUT2D eigenvalue weighted by Crippen LogP contribution is 2.17. The van der Waals surface area contributed by atoms with Crippen molar-refractivity contribution in [1.82, 2.24) is 0 Å². The van der Waals surface area contributed by atoms with Crippen LogP contribution in [0.4, 0.5) is 0 Å². The van der Waals surface area contributed by atoms with Gasteiger partial charge < -0.3 is 0 Å². The second-order valence-corrected chi connectivity index (χ2v) is 7.37. The van der Waals surface area contributed by atoms with Crippen LogP contribution in [-0.4, -0.2) is 11.0 Å². The first-order valence-electron chi connectivity index (χ1n) is 9.10. The summed E-state index contributed by atoms with van der Waals surface area (Å²) in [6.07, 6.45) is 20.8. The molecule has 0 amide bonds. The molecule has 20 heavy (non-hydrogen) atoms. The first-order chi connectivity index (χ1) is 9.81. The third kappa shape index (κ3) is 16.8. The molecule has 0 saturated carbocycles. The number of thiol groups is 2. The van der Waals surface area contributed by atoms with Crippen molar-refractivity contribution >= 4 is 25.3 Å². The zero-order chi connectivity index (χ0) is 14.9. The molecule has 2 heteroatoms. The average molecular weight is 319 g/mol. The van der Waals surface area contributed by atoms with Gasteiger partial charge in [0, 0.05) is 5.25 Å². The summed E-state index contributed by atoms with van der Waals surface area (Å²) in [5.74, 6) is 1.06. The quantitative estimate of drug-likeness (QED) is 0.220. The van der Waals surface area contributed by atoms with Crippen molar-refractivity contribution in [3.8, 4) is 0 Å². The second kappa shape index (κ2) is 17.8. The molecule has 0 aliphatic rings. The van der Waals surface area contributed by atoms with E-state index in [1.807, 2.05) is 0 Å². The van der Waals surface area contributed by atoms with Gasteiger partial charge in [0.1, 0.15) is 0 Å². The Balaban J connectivity index is 3.07. The lowest BCUT2D eigenvalue weighted by atomic mass is 10.0. The van der Waals surface area contributed by atoms with Crippen molar-refractivity contribution in [2.75, 3.05) is 5.75 Å². The lowest BCUT2D eigenvalue weighted by Gasteiger charge is -2.10. The van der Waals surface area contributed by atoms with E-state index in [1.54, 1.807) is 0 Å². The number of hydrogen-bond acceptors (Lipinski definition) is 2. The Morgan fingerprint density at radius 1 is 0.600 bits per heavy atom. The Kier molecular flexibility index (Phi) is 18.4. The molecule has 0 radical (unpaired) electrons. The molecule has 0 aliphatic carbocycles. The Morgan fingerprint density at radius 2 is 1.00 bits per heavy atom. The van der Waals surface area contributed by atoms with Crippen LogP contribution in [-0.2, 0) is 0 Å². The zero-order valence-corrected chi connectivity index (χ0v) is 15.6. The molecule has 0 spiro atoms. The van der Waals surface area contributed by atoms with Crippen LogP contribution < -0.4 is 0 Å². The van der Waals surface area contributed by atoms with Gasteiger partial charge in [-0.2, -0.15) is 25.3 Å². The van der Waals surface area contributed by atoms with E-state index in [1.165, 1.54) is 96.3 Å². The van der Waals surface area contributed by atoms with E-state index in [2.05, 4.69) is 19.6 Å². The lowest BCUT2D eigenvalue weighted by molar-refractivity contribution is 0.538. The third-order valence-corrected chi connectivity index (χ3v) is 4.92. The van der Waals surface area contributed by atoms with E-state index in [0.29, 0.717) is 5.25 Å². The Bertz CT molecular complexity index is 171. The molecule has 1 unspecified atom stereocenters. The molecule has 0 aromatic heterocycles. The molecular formula is C18H38S2. The Labute approximate surface area is 139 Å². The molecule has 0 bridgehead atoms. The van der Waals surface area contributed by atoms with Gasteiger partial charge in [-0.15, -0.1) is 0 Å². The van der Waals surface area contributed by atoms with Gasteiger partial charge in [0.15, 0.2) is 0 Å². The Hall–Kier alpha value is 0.700. The summed E-state index contributed by atoms with van der Waals surface area (Å²) in [4.78, 5) is 0. The van der Waals surface area contributed by atoms with Crippen molar-refractivity contribution in [2.45, 2.75) is 108 Å². The van der Waals surface area contributed by atoms with Crippen molar-refractivity contribution in [3.05, 3.63) is 0 Å². The molecule has 0 aliphatic heterocycles. The van der Waals surface area contributed by atoms with Crippen molar-refractivity contribution in [1.29, 1.82) is 0 Å². The first-order valence-corrected chi connectivity index (χ1v) is 10.2. The molecule has 1 atom stereocenters. The second-order valence-electron chi connectivity index (χ2n) is 6.20. The largest absolute Gasteiger partial charge is 0.179 e. The summed E-state index contributed by atoms with van der Waals surface area (Å²) in [6, 6.07) is 0. The molecule has 0 rings (SSSR count). The fourth-order valence-corrected chi connectivity index (χ4v) is 3.27. The molecule has 0 aromatic rings. The van der Waals surface area contributed by atoms with Gasteiger partial charge in [0.25, 0.3) is 0 Å².